The van der Waals surface area contributed by atoms with Gasteiger partial charge in [0.05, 0.1) is 18.8 Å². The van der Waals surface area contributed by atoms with Gasteiger partial charge in [-0.1, -0.05) is 26.0 Å². The highest BCUT2D eigenvalue weighted by molar-refractivity contribution is 6.52. The van der Waals surface area contributed by atoms with Crippen LogP contribution < -0.4 is 4.74 Å². The second-order valence-corrected chi connectivity index (χ2v) is 6.89. The lowest BCUT2D eigenvalue weighted by atomic mass is 9.84. The highest BCUT2D eigenvalue weighted by Gasteiger charge is 2.32. The Kier molecular flexibility index (Phi) is 5.35. The normalized spacial score (nSPS) is 18.3. The molecule has 1 aromatic rings. The third-order valence-electron chi connectivity index (χ3n) is 4.77. The first-order valence-corrected chi connectivity index (χ1v) is 8.86. The van der Waals surface area contributed by atoms with Crippen LogP contribution in [0.2, 0.25) is 0 Å². The number of ether oxygens (including phenoxy) is 2. The van der Waals surface area contributed by atoms with Gasteiger partial charge in [-0.2, -0.15) is 0 Å². The number of hydrogen-bond acceptors (Lipinski definition) is 5. The molecule has 5 heteroatoms. The molecule has 0 N–H and O–H groups in total. The number of carbonyl (C=O) groups excluding carboxylic acids is 2. The van der Waals surface area contributed by atoms with Crippen LogP contribution >= 0.6 is 0 Å². The van der Waals surface area contributed by atoms with E-state index in [-0.39, 0.29) is 5.92 Å². The molecule has 0 atom stereocenters. The van der Waals surface area contributed by atoms with E-state index in [4.69, 9.17) is 9.47 Å². The van der Waals surface area contributed by atoms with E-state index < -0.39 is 11.6 Å². The van der Waals surface area contributed by atoms with Crippen molar-refractivity contribution in [2.24, 2.45) is 5.92 Å². The van der Waals surface area contributed by atoms with Gasteiger partial charge in [-0.3, -0.25) is 14.5 Å². The first-order chi connectivity index (χ1) is 12.0. The standard InChI is InChI=1S/C20H25NO4/c1-13(2)16-12-15-5-4-14(3)20(17(15)19(23)18(16)22)25-11-8-21-6-9-24-10-7-21/h4-5,12-13H,6-11H2,1-3H3. The summed E-state index contributed by atoms with van der Waals surface area (Å²) in [4.78, 5) is 27.4. The Labute approximate surface area is 148 Å². The van der Waals surface area contributed by atoms with Gasteiger partial charge in [0.25, 0.3) is 0 Å². The number of rotatable bonds is 5. The van der Waals surface area contributed by atoms with E-state index in [0.29, 0.717) is 23.5 Å². The van der Waals surface area contributed by atoms with Crippen LogP contribution in [-0.2, 0) is 9.53 Å². The summed E-state index contributed by atoms with van der Waals surface area (Å²) in [5.74, 6) is -0.294. The van der Waals surface area contributed by atoms with E-state index in [2.05, 4.69) is 4.90 Å². The molecule has 3 rings (SSSR count). The second kappa shape index (κ2) is 7.50. The predicted molar refractivity (Wildman–Crippen MR) is 96.1 cm³/mol. The van der Waals surface area contributed by atoms with Gasteiger partial charge in [0.15, 0.2) is 0 Å². The smallest absolute Gasteiger partial charge is 0.237 e. The first kappa shape index (κ1) is 17.8. The van der Waals surface area contributed by atoms with Gasteiger partial charge in [-0.05, 0) is 30.0 Å². The molecule has 1 fully saturated rings. The summed E-state index contributed by atoms with van der Waals surface area (Å²) in [6, 6.07) is 3.84. The summed E-state index contributed by atoms with van der Waals surface area (Å²) < 4.78 is 11.3. The number of aryl methyl sites for hydroxylation is 1. The van der Waals surface area contributed by atoms with Gasteiger partial charge in [0.2, 0.25) is 11.6 Å². The zero-order valence-electron chi connectivity index (χ0n) is 15.1. The minimum atomic E-state index is -0.453. The van der Waals surface area contributed by atoms with E-state index in [1.54, 1.807) is 0 Å². The summed E-state index contributed by atoms with van der Waals surface area (Å²) in [6.45, 7) is 10.3. The van der Waals surface area contributed by atoms with Crippen LogP contribution in [0.1, 0.15) is 35.3 Å². The average Bonchev–Trinajstić information content (AvgIpc) is 2.60. The van der Waals surface area contributed by atoms with E-state index in [1.807, 2.05) is 39.0 Å². The van der Waals surface area contributed by atoms with Crippen molar-refractivity contribution in [3.05, 3.63) is 34.4 Å². The van der Waals surface area contributed by atoms with Crippen LogP contribution in [-0.4, -0.2) is 55.9 Å². The molecule has 1 heterocycles. The Hall–Kier alpha value is -1.98. The van der Waals surface area contributed by atoms with Crippen molar-refractivity contribution in [1.29, 1.82) is 0 Å². The molecule has 0 bridgehead atoms. The van der Waals surface area contributed by atoms with E-state index in [0.717, 1.165) is 44.0 Å². The fourth-order valence-electron chi connectivity index (χ4n) is 3.25. The molecular formula is C20H25NO4. The molecule has 2 aliphatic rings. The number of hydrogen-bond donors (Lipinski definition) is 0. The quantitative estimate of drug-likeness (QED) is 0.769. The molecule has 0 saturated carbocycles. The molecule has 0 unspecified atom stereocenters. The van der Waals surface area contributed by atoms with Crippen molar-refractivity contribution >= 4 is 17.6 Å². The third kappa shape index (κ3) is 3.67. The lowest BCUT2D eigenvalue weighted by Gasteiger charge is -2.27. The minimum absolute atomic E-state index is 0.0246. The number of morpholine rings is 1. The second-order valence-electron chi connectivity index (χ2n) is 6.89. The number of nitrogens with zero attached hydrogens (tertiary/aromatic N) is 1. The van der Waals surface area contributed by atoms with Gasteiger partial charge < -0.3 is 9.47 Å². The van der Waals surface area contributed by atoms with Gasteiger partial charge in [0.1, 0.15) is 12.4 Å². The lowest BCUT2D eigenvalue weighted by Crippen LogP contribution is -2.38. The molecule has 0 spiro atoms. The summed E-state index contributed by atoms with van der Waals surface area (Å²) in [5, 5.41) is 0. The van der Waals surface area contributed by atoms with Gasteiger partial charge in [-0.15, -0.1) is 0 Å². The topological polar surface area (TPSA) is 55.8 Å². The SMILES string of the molecule is Cc1ccc2c(c1OCCN1CCOCC1)C(=O)C(=O)C(C(C)C)=C2. The maximum absolute atomic E-state index is 12.7. The molecular weight excluding hydrogens is 318 g/mol. The Balaban J connectivity index is 1.82. The fraction of sp³-hybridized carbons (Fsp3) is 0.500. The highest BCUT2D eigenvalue weighted by Crippen LogP contribution is 2.34. The van der Waals surface area contributed by atoms with Crippen molar-refractivity contribution in [3.8, 4) is 5.75 Å². The van der Waals surface area contributed by atoms with Gasteiger partial charge in [-0.25, -0.2) is 0 Å². The molecule has 134 valence electrons. The Bertz CT molecular complexity index is 715. The molecule has 1 saturated heterocycles. The van der Waals surface area contributed by atoms with Crippen LogP contribution in [0.15, 0.2) is 17.7 Å². The molecule has 5 nitrogen and oxygen atoms in total. The molecule has 0 radical (unpaired) electrons. The average molecular weight is 343 g/mol. The molecule has 0 aromatic heterocycles. The maximum Gasteiger partial charge on any atom is 0.237 e. The Morgan fingerprint density at radius 3 is 2.56 bits per heavy atom. The third-order valence-corrected chi connectivity index (χ3v) is 4.77. The predicted octanol–water partition coefficient (Wildman–Crippen LogP) is 2.51. The van der Waals surface area contributed by atoms with Crippen molar-refractivity contribution < 1.29 is 19.1 Å². The van der Waals surface area contributed by atoms with Crippen LogP contribution in [0.5, 0.6) is 5.75 Å². The molecule has 0 amide bonds. The molecule has 1 aromatic carbocycles. The zero-order valence-corrected chi connectivity index (χ0v) is 15.1. The van der Waals surface area contributed by atoms with E-state index in [9.17, 15) is 9.59 Å². The van der Waals surface area contributed by atoms with Gasteiger partial charge >= 0.3 is 0 Å². The summed E-state index contributed by atoms with van der Waals surface area (Å²) >= 11 is 0. The number of fused-ring (bicyclic) bond motifs is 1. The number of ketones is 2. The highest BCUT2D eigenvalue weighted by atomic mass is 16.5. The van der Waals surface area contributed by atoms with E-state index >= 15 is 0 Å². The summed E-state index contributed by atoms with van der Waals surface area (Å²) in [6.07, 6.45) is 1.83. The van der Waals surface area contributed by atoms with E-state index in [1.165, 1.54) is 0 Å². The molecule has 1 aliphatic heterocycles. The summed E-state index contributed by atoms with van der Waals surface area (Å²) in [5.41, 5.74) is 2.64. The van der Waals surface area contributed by atoms with Crippen molar-refractivity contribution in [1.82, 2.24) is 4.90 Å². The minimum Gasteiger partial charge on any atom is -0.491 e. The van der Waals surface area contributed by atoms with Crippen molar-refractivity contribution in [2.75, 3.05) is 39.5 Å². The molecule has 1 aliphatic carbocycles. The zero-order chi connectivity index (χ0) is 18.0. The first-order valence-electron chi connectivity index (χ1n) is 8.86. The van der Waals surface area contributed by atoms with Crippen LogP contribution in [0, 0.1) is 12.8 Å². The number of carbonyl (C=O) groups is 2. The number of Topliss-reactive ketones (excluding diaryl/α,β-unsaturated/α-hetero) is 2. The maximum atomic E-state index is 12.7. The number of allylic oxidation sites excluding steroid dienone is 1. The van der Waals surface area contributed by atoms with Gasteiger partial charge in [0, 0.05) is 25.2 Å². The monoisotopic (exact) mass is 343 g/mol. The van der Waals surface area contributed by atoms with Crippen LogP contribution in [0.25, 0.3) is 6.08 Å². The van der Waals surface area contributed by atoms with Crippen molar-refractivity contribution in [2.45, 2.75) is 20.8 Å². The van der Waals surface area contributed by atoms with Crippen LogP contribution in [0.4, 0.5) is 0 Å². The molecule has 25 heavy (non-hydrogen) atoms. The fourth-order valence-corrected chi connectivity index (χ4v) is 3.25. The van der Waals surface area contributed by atoms with Crippen LogP contribution in [0.3, 0.4) is 0 Å². The Morgan fingerprint density at radius 1 is 1.16 bits per heavy atom. The van der Waals surface area contributed by atoms with Crippen molar-refractivity contribution in [3.63, 3.8) is 0 Å². The largest absolute Gasteiger partial charge is 0.491 e. The number of benzene rings is 1. The lowest BCUT2D eigenvalue weighted by molar-refractivity contribution is -0.112. The Morgan fingerprint density at radius 2 is 1.88 bits per heavy atom. The summed E-state index contributed by atoms with van der Waals surface area (Å²) in [7, 11) is 0.